The van der Waals surface area contributed by atoms with E-state index >= 15 is 0 Å². The first kappa shape index (κ1) is 17.9. The highest BCUT2D eigenvalue weighted by Gasteiger charge is 2.16. The van der Waals surface area contributed by atoms with Gasteiger partial charge >= 0.3 is 6.03 Å². The minimum Gasteiger partial charge on any atom is -0.376 e. The van der Waals surface area contributed by atoms with Crippen LogP contribution in [-0.2, 0) is 18.3 Å². The number of hydrogen-bond donors (Lipinski definition) is 3. The van der Waals surface area contributed by atoms with Gasteiger partial charge in [-0.15, -0.1) is 0 Å². The van der Waals surface area contributed by atoms with Crippen molar-refractivity contribution in [3.63, 3.8) is 0 Å². The molecule has 2 aromatic rings. The van der Waals surface area contributed by atoms with Crippen LogP contribution in [0.5, 0.6) is 0 Å². The molecule has 1 fully saturated rings. The van der Waals surface area contributed by atoms with Crippen molar-refractivity contribution >= 4 is 17.6 Å². The molecule has 26 heavy (non-hydrogen) atoms. The molecule has 1 saturated heterocycles. The van der Waals surface area contributed by atoms with Crippen LogP contribution in [0.3, 0.4) is 0 Å². The summed E-state index contributed by atoms with van der Waals surface area (Å²) in [7, 11) is 1.87. The smallest absolute Gasteiger partial charge is 0.319 e. The minimum atomic E-state index is -0.330. The summed E-state index contributed by atoms with van der Waals surface area (Å²) in [6.45, 7) is 1.62. The normalized spacial score (nSPS) is 16.3. The van der Waals surface area contributed by atoms with Crippen molar-refractivity contribution in [3.05, 3.63) is 48.0 Å². The Balaban J connectivity index is 1.45. The van der Waals surface area contributed by atoms with Crippen LogP contribution in [0.25, 0.3) is 0 Å². The summed E-state index contributed by atoms with van der Waals surface area (Å²) in [5.41, 5.74) is 1.15. The number of urea groups is 1. The van der Waals surface area contributed by atoms with E-state index in [0.717, 1.165) is 25.3 Å². The van der Waals surface area contributed by atoms with Crippen LogP contribution in [0.1, 0.15) is 29.0 Å². The summed E-state index contributed by atoms with van der Waals surface area (Å²) in [5.74, 6) is 0.615. The van der Waals surface area contributed by atoms with Gasteiger partial charge in [0.2, 0.25) is 0 Å². The highest BCUT2D eigenvalue weighted by atomic mass is 16.5. The van der Waals surface area contributed by atoms with Gasteiger partial charge in [0.15, 0.2) is 0 Å². The molecule has 0 spiro atoms. The van der Waals surface area contributed by atoms with E-state index in [2.05, 4.69) is 20.9 Å². The van der Waals surface area contributed by atoms with Crippen LogP contribution in [0.15, 0.2) is 36.7 Å². The summed E-state index contributed by atoms with van der Waals surface area (Å²) in [5, 5.41) is 8.33. The average molecular weight is 357 g/mol. The number of benzene rings is 1. The van der Waals surface area contributed by atoms with Crippen LogP contribution < -0.4 is 16.0 Å². The Labute approximate surface area is 151 Å². The molecule has 8 heteroatoms. The van der Waals surface area contributed by atoms with Crippen LogP contribution in [-0.4, -0.2) is 40.7 Å². The zero-order valence-electron chi connectivity index (χ0n) is 14.7. The third-order valence-corrected chi connectivity index (χ3v) is 4.25. The van der Waals surface area contributed by atoms with Crippen molar-refractivity contribution in [1.82, 2.24) is 20.2 Å². The number of carbonyl (C=O) groups excluding carboxylic acids is 2. The lowest BCUT2D eigenvalue weighted by atomic mass is 10.2. The number of anilines is 1. The predicted octanol–water partition coefficient (Wildman–Crippen LogP) is 1.65. The van der Waals surface area contributed by atoms with Gasteiger partial charge < -0.3 is 25.3 Å². The fourth-order valence-electron chi connectivity index (χ4n) is 2.72. The number of rotatable bonds is 6. The summed E-state index contributed by atoms with van der Waals surface area (Å²) < 4.78 is 7.32. The lowest BCUT2D eigenvalue weighted by Crippen LogP contribution is -2.31. The lowest BCUT2D eigenvalue weighted by molar-refractivity contribution is 0.0858. The molecule has 1 aromatic carbocycles. The van der Waals surface area contributed by atoms with Crippen molar-refractivity contribution < 1.29 is 14.3 Å². The fourth-order valence-corrected chi connectivity index (χ4v) is 2.72. The van der Waals surface area contributed by atoms with Crippen LogP contribution in [0, 0.1) is 0 Å². The molecule has 0 aliphatic carbocycles. The summed E-state index contributed by atoms with van der Waals surface area (Å²) >= 11 is 0. The molecule has 0 radical (unpaired) electrons. The quantitative estimate of drug-likeness (QED) is 0.732. The molecule has 3 amide bonds. The Hall–Kier alpha value is -2.87. The number of hydrogen-bond acceptors (Lipinski definition) is 4. The topological polar surface area (TPSA) is 97.3 Å². The molecular weight excluding hydrogens is 334 g/mol. The molecule has 3 N–H and O–H groups in total. The molecule has 1 unspecified atom stereocenters. The van der Waals surface area contributed by atoms with Crippen molar-refractivity contribution in [2.24, 2.45) is 7.05 Å². The van der Waals surface area contributed by atoms with Gasteiger partial charge in [0.25, 0.3) is 5.91 Å². The molecule has 3 rings (SSSR count). The van der Waals surface area contributed by atoms with Crippen LogP contribution >= 0.6 is 0 Å². The third kappa shape index (κ3) is 4.82. The van der Waals surface area contributed by atoms with Crippen molar-refractivity contribution in [2.45, 2.75) is 25.5 Å². The molecule has 0 saturated carbocycles. The second kappa shape index (κ2) is 8.48. The maximum atomic E-state index is 12.1. The molecule has 8 nitrogen and oxygen atoms in total. The van der Waals surface area contributed by atoms with E-state index in [1.54, 1.807) is 30.5 Å². The number of aromatic nitrogens is 2. The molecule has 138 valence electrons. The number of aryl methyl sites for hydroxylation is 1. The monoisotopic (exact) mass is 357 g/mol. The van der Waals surface area contributed by atoms with Gasteiger partial charge in [-0.1, -0.05) is 0 Å². The number of carbonyl (C=O) groups is 2. The maximum Gasteiger partial charge on any atom is 0.319 e. The number of nitrogens with one attached hydrogen (secondary N) is 3. The largest absolute Gasteiger partial charge is 0.376 e. The maximum absolute atomic E-state index is 12.1. The fraction of sp³-hybridized carbons (Fsp3) is 0.389. The van der Waals surface area contributed by atoms with Crippen LogP contribution in [0.2, 0.25) is 0 Å². The van der Waals surface area contributed by atoms with E-state index in [9.17, 15) is 9.59 Å². The Morgan fingerprint density at radius 2 is 2.08 bits per heavy atom. The van der Waals surface area contributed by atoms with Gasteiger partial charge in [-0.25, -0.2) is 9.78 Å². The van der Waals surface area contributed by atoms with Gasteiger partial charge in [-0.2, -0.15) is 0 Å². The van der Waals surface area contributed by atoms with Gasteiger partial charge in [-0.3, -0.25) is 4.79 Å². The molecule has 1 aromatic heterocycles. The number of amides is 3. The van der Waals surface area contributed by atoms with Crippen LogP contribution in [0.4, 0.5) is 10.5 Å². The standard InChI is InChI=1S/C18H23N5O3/c1-23-9-8-19-16(23)12-21-18(25)22-14-6-4-13(5-7-14)17(24)20-11-15-3-2-10-26-15/h4-9,15H,2-3,10-12H2,1H3,(H,20,24)(H2,21,22,25). The van der Waals surface area contributed by atoms with Crippen molar-refractivity contribution in [1.29, 1.82) is 0 Å². The Bertz CT molecular complexity index is 750. The Morgan fingerprint density at radius 3 is 2.73 bits per heavy atom. The van der Waals surface area contributed by atoms with E-state index in [4.69, 9.17) is 4.74 Å². The molecule has 1 aliphatic heterocycles. The average Bonchev–Trinajstić information content (AvgIpc) is 3.30. The Morgan fingerprint density at radius 1 is 1.27 bits per heavy atom. The molecule has 1 atom stereocenters. The number of ether oxygens (including phenoxy) is 1. The second-order valence-electron chi connectivity index (χ2n) is 6.18. The second-order valence-corrected chi connectivity index (χ2v) is 6.18. The number of imidazole rings is 1. The van der Waals surface area contributed by atoms with Gasteiger partial charge in [0, 0.05) is 43.8 Å². The van der Waals surface area contributed by atoms with E-state index < -0.39 is 0 Å². The zero-order valence-corrected chi connectivity index (χ0v) is 14.7. The van der Waals surface area contributed by atoms with E-state index in [-0.39, 0.29) is 18.0 Å². The SMILES string of the molecule is Cn1ccnc1CNC(=O)Nc1ccc(C(=O)NCC2CCCO2)cc1. The first-order chi connectivity index (χ1) is 12.6. The summed E-state index contributed by atoms with van der Waals surface area (Å²) in [4.78, 5) is 28.2. The molecular formula is C18H23N5O3. The minimum absolute atomic E-state index is 0.113. The van der Waals surface area contributed by atoms with Gasteiger partial charge in [0.05, 0.1) is 12.6 Å². The lowest BCUT2D eigenvalue weighted by Gasteiger charge is -2.11. The third-order valence-electron chi connectivity index (χ3n) is 4.25. The molecule has 2 heterocycles. The highest BCUT2D eigenvalue weighted by molar-refractivity contribution is 5.95. The zero-order chi connectivity index (χ0) is 18.4. The van der Waals surface area contributed by atoms with E-state index in [1.165, 1.54) is 0 Å². The van der Waals surface area contributed by atoms with E-state index in [1.807, 2.05) is 17.8 Å². The summed E-state index contributed by atoms with van der Waals surface area (Å²) in [6, 6.07) is 6.42. The first-order valence-corrected chi connectivity index (χ1v) is 8.63. The van der Waals surface area contributed by atoms with Crippen molar-refractivity contribution in [3.8, 4) is 0 Å². The molecule has 0 bridgehead atoms. The molecule has 1 aliphatic rings. The van der Waals surface area contributed by atoms with E-state index in [0.29, 0.717) is 24.3 Å². The highest BCUT2D eigenvalue weighted by Crippen LogP contribution is 2.12. The van der Waals surface area contributed by atoms with Crippen molar-refractivity contribution in [2.75, 3.05) is 18.5 Å². The Kier molecular flexibility index (Phi) is 5.85. The summed E-state index contributed by atoms with van der Waals surface area (Å²) in [6.07, 6.45) is 5.64. The predicted molar refractivity (Wildman–Crippen MR) is 96.8 cm³/mol. The number of nitrogens with zero attached hydrogens (tertiary/aromatic N) is 2. The van der Waals surface area contributed by atoms with Gasteiger partial charge in [-0.05, 0) is 37.1 Å². The first-order valence-electron chi connectivity index (χ1n) is 8.63. The van der Waals surface area contributed by atoms with Gasteiger partial charge in [0.1, 0.15) is 5.82 Å².